The first-order chi connectivity index (χ1) is 8.61. The highest BCUT2D eigenvalue weighted by Gasteiger charge is 2.26. The van der Waals surface area contributed by atoms with Gasteiger partial charge in [-0.3, -0.25) is 9.78 Å². The minimum Gasteiger partial charge on any atom is -0.478 e. The number of carbonyl (C=O) groups is 2. The summed E-state index contributed by atoms with van der Waals surface area (Å²) >= 11 is 0. The molecule has 1 aliphatic rings. The van der Waals surface area contributed by atoms with Crippen LogP contribution in [0.4, 0.5) is 0 Å². The molecular formula is C13H16N2O3. The molecule has 0 saturated carbocycles. The molecule has 1 saturated heterocycles. The summed E-state index contributed by atoms with van der Waals surface area (Å²) in [5.41, 5.74) is 0.413. The summed E-state index contributed by atoms with van der Waals surface area (Å²) in [5.74, 6) is -0.566. The maximum atomic E-state index is 12.1. The summed E-state index contributed by atoms with van der Waals surface area (Å²) in [5, 5.41) is 8.76. The Labute approximate surface area is 105 Å². The van der Waals surface area contributed by atoms with E-state index in [1.165, 1.54) is 18.3 Å². The number of likely N-dealkylation sites (tertiary alicyclic amines) is 1. The van der Waals surface area contributed by atoms with Gasteiger partial charge >= 0.3 is 5.97 Å². The number of hydrogen-bond donors (Lipinski definition) is 1. The summed E-state index contributed by atoms with van der Waals surface area (Å²) in [6, 6.07) is 2.89. The van der Waals surface area contributed by atoms with Crippen LogP contribution in [-0.4, -0.2) is 40.0 Å². The maximum Gasteiger partial charge on any atom is 0.337 e. The first-order valence-corrected chi connectivity index (χ1v) is 6.10. The fourth-order valence-electron chi connectivity index (χ4n) is 2.16. The molecule has 5 nitrogen and oxygen atoms in total. The third-order valence-electron chi connectivity index (χ3n) is 3.38. The maximum absolute atomic E-state index is 12.1. The molecule has 0 radical (unpaired) electrons. The van der Waals surface area contributed by atoms with E-state index in [-0.39, 0.29) is 11.5 Å². The molecule has 1 fully saturated rings. The van der Waals surface area contributed by atoms with Crippen molar-refractivity contribution in [2.24, 2.45) is 5.92 Å². The molecule has 0 bridgehead atoms. The normalized spacial score (nSPS) is 18.9. The molecule has 0 aliphatic carbocycles. The van der Waals surface area contributed by atoms with Crippen molar-refractivity contribution in [1.29, 1.82) is 0 Å². The quantitative estimate of drug-likeness (QED) is 0.883. The second kappa shape index (κ2) is 5.16. The van der Waals surface area contributed by atoms with Crippen LogP contribution in [0, 0.1) is 5.92 Å². The van der Waals surface area contributed by atoms with Crippen molar-refractivity contribution in [1.82, 2.24) is 9.88 Å². The van der Waals surface area contributed by atoms with Crippen molar-refractivity contribution < 1.29 is 14.7 Å². The van der Waals surface area contributed by atoms with Crippen molar-refractivity contribution >= 4 is 11.9 Å². The van der Waals surface area contributed by atoms with Crippen molar-refractivity contribution in [3.05, 3.63) is 29.6 Å². The third kappa shape index (κ3) is 2.50. The van der Waals surface area contributed by atoms with Crippen LogP contribution in [0.25, 0.3) is 0 Å². The average Bonchev–Trinajstić information content (AvgIpc) is 2.86. The second-order valence-corrected chi connectivity index (χ2v) is 4.55. The average molecular weight is 248 g/mol. The van der Waals surface area contributed by atoms with Crippen LogP contribution in [0.1, 0.15) is 40.6 Å². The van der Waals surface area contributed by atoms with E-state index in [0.717, 1.165) is 25.9 Å². The highest BCUT2D eigenvalue weighted by molar-refractivity contribution is 5.93. The van der Waals surface area contributed by atoms with Crippen LogP contribution < -0.4 is 0 Å². The van der Waals surface area contributed by atoms with E-state index in [1.807, 2.05) is 0 Å². The third-order valence-corrected chi connectivity index (χ3v) is 3.38. The number of carboxylic acids is 1. The lowest BCUT2D eigenvalue weighted by Gasteiger charge is -2.15. The lowest BCUT2D eigenvalue weighted by atomic mass is 10.1. The molecule has 18 heavy (non-hydrogen) atoms. The van der Waals surface area contributed by atoms with Gasteiger partial charge in [-0.15, -0.1) is 0 Å². The Kier molecular flexibility index (Phi) is 3.60. The number of aromatic carboxylic acids is 1. The summed E-state index contributed by atoms with van der Waals surface area (Å²) in [6.07, 6.45) is 3.34. The van der Waals surface area contributed by atoms with Crippen LogP contribution in [0.2, 0.25) is 0 Å². The van der Waals surface area contributed by atoms with Crippen molar-refractivity contribution in [2.75, 3.05) is 13.1 Å². The SMILES string of the molecule is CCC1CCN(C(=O)c2ccc(C(=O)O)cn2)C1. The molecule has 0 spiro atoms. The highest BCUT2D eigenvalue weighted by atomic mass is 16.4. The predicted octanol–water partition coefficient (Wildman–Crippen LogP) is 1.65. The summed E-state index contributed by atoms with van der Waals surface area (Å²) in [4.78, 5) is 28.5. The first kappa shape index (κ1) is 12.5. The van der Waals surface area contributed by atoms with Gasteiger partial charge < -0.3 is 10.0 Å². The molecule has 1 aromatic heterocycles. The number of aromatic nitrogens is 1. The van der Waals surface area contributed by atoms with Gasteiger partial charge in [0.25, 0.3) is 5.91 Å². The van der Waals surface area contributed by atoms with Gasteiger partial charge in [-0.2, -0.15) is 0 Å². The molecule has 2 heterocycles. The van der Waals surface area contributed by atoms with Crippen LogP contribution in [0.15, 0.2) is 18.3 Å². The van der Waals surface area contributed by atoms with Crippen LogP contribution in [0.3, 0.4) is 0 Å². The van der Waals surface area contributed by atoms with E-state index >= 15 is 0 Å². The standard InChI is InChI=1S/C13H16N2O3/c1-2-9-5-6-15(8-9)12(16)11-4-3-10(7-14-11)13(17)18/h3-4,7,9H,2,5-6,8H2,1H3,(H,17,18). The van der Waals surface area contributed by atoms with E-state index < -0.39 is 5.97 Å². The van der Waals surface area contributed by atoms with Crippen molar-refractivity contribution in [3.63, 3.8) is 0 Å². The zero-order valence-corrected chi connectivity index (χ0v) is 10.3. The van der Waals surface area contributed by atoms with E-state index in [4.69, 9.17) is 5.11 Å². The Bertz CT molecular complexity index is 456. The van der Waals surface area contributed by atoms with Gasteiger partial charge in [0.1, 0.15) is 5.69 Å². The number of nitrogens with zero attached hydrogens (tertiary/aromatic N) is 2. The monoisotopic (exact) mass is 248 g/mol. The van der Waals surface area contributed by atoms with E-state index in [9.17, 15) is 9.59 Å². The molecule has 1 aromatic rings. The Hall–Kier alpha value is -1.91. The number of carboxylic acid groups (broad SMARTS) is 1. The number of hydrogen-bond acceptors (Lipinski definition) is 3. The number of amides is 1. The zero-order valence-electron chi connectivity index (χ0n) is 10.3. The van der Waals surface area contributed by atoms with Gasteiger partial charge in [0.2, 0.25) is 0 Å². The molecule has 96 valence electrons. The molecule has 1 aliphatic heterocycles. The Balaban J connectivity index is 2.07. The molecule has 5 heteroatoms. The minimum absolute atomic E-state index is 0.0967. The molecular weight excluding hydrogens is 232 g/mol. The molecule has 1 atom stereocenters. The van der Waals surface area contributed by atoms with Gasteiger partial charge in [-0.1, -0.05) is 13.3 Å². The van der Waals surface area contributed by atoms with Gasteiger partial charge in [0, 0.05) is 19.3 Å². The van der Waals surface area contributed by atoms with Crippen LogP contribution >= 0.6 is 0 Å². The molecule has 1 N–H and O–H groups in total. The summed E-state index contributed by atoms with van der Waals surface area (Å²) in [7, 11) is 0. The van der Waals surface area contributed by atoms with E-state index in [0.29, 0.717) is 11.6 Å². The number of carbonyl (C=O) groups excluding carboxylic acids is 1. The van der Waals surface area contributed by atoms with Crippen molar-refractivity contribution in [2.45, 2.75) is 19.8 Å². The van der Waals surface area contributed by atoms with Crippen LogP contribution in [-0.2, 0) is 0 Å². The Morgan fingerprint density at radius 3 is 2.78 bits per heavy atom. The van der Waals surface area contributed by atoms with Gasteiger partial charge in [0.15, 0.2) is 0 Å². The summed E-state index contributed by atoms with van der Waals surface area (Å²) < 4.78 is 0. The zero-order chi connectivity index (χ0) is 13.1. The van der Waals surface area contributed by atoms with E-state index in [1.54, 1.807) is 4.90 Å². The lowest BCUT2D eigenvalue weighted by molar-refractivity contribution is 0.0694. The number of rotatable bonds is 3. The number of pyridine rings is 1. The molecule has 0 aromatic carbocycles. The first-order valence-electron chi connectivity index (χ1n) is 6.10. The molecule has 1 unspecified atom stereocenters. The Morgan fingerprint density at radius 2 is 2.28 bits per heavy atom. The fourth-order valence-corrected chi connectivity index (χ4v) is 2.16. The van der Waals surface area contributed by atoms with Gasteiger partial charge in [-0.25, -0.2) is 4.79 Å². The van der Waals surface area contributed by atoms with Gasteiger partial charge in [0.05, 0.1) is 5.56 Å². The largest absolute Gasteiger partial charge is 0.478 e. The topological polar surface area (TPSA) is 70.5 Å². The van der Waals surface area contributed by atoms with E-state index in [2.05, 4.69) is 11.9 Å². The highest BCUT2D eigenvalue weighted by Crippen LogP contribution is 2.20. The minimum atomic E-state index is -1.03. The fraction of sp³-hybridized carbons (Fsp3) is 0.462. The Morgan fingerprint density at radius 1 is 1.50 bits per heavy atom. The molecule has 2 rings (SSSR count). The smallest absolute Gasteiger partial charge is 0.337 e. The molecule has 1 amide bonds. The lowest BCUT2D eigenvalue weighted by Crippen LogP contribution is -2.29. The predicted molar refractivity (Wildman–Crippen MR) is 65.5 cm³/mol. The van der Waals surface area contributed by atoms with Crippen molar-refractivity contribution in [3.8, 4) is 0 Å². The van der Waals surface area contributed by atoms with Crippen LogP contribution in [0.5, 0.6) is 0 Å². The summed E-state index contributed by atoms with van der Waals surface area (Å²) in [6.45, 7) is 3.66. The van der Waals surface area contributed by atoms with Gasteiger partial charge in [-0.05, 0) is 24.5 Å². The second-order valence-electron chi connectivity index (χ2n) is 4.55.